The number of hydrogen-bond acceptors (Lipinski definition) is 3. The van der Waals surface area contributed by atoms with Crippen molar-refractivity contribution in [3.63, 3.8) is 0 Å². The van der Waals surface area contributed by atoms with Crippen LogP contribution in [-0.2, 0) is 0 Å². The molecule has 6 rings (SSSR count). The summed E-state index contributed by atoms with van der Waals surface area (Å²) in [5.74, 6) is 2.81. The van der Waals surface area contributed by atoms with Crippen LogP contribution >= 0.6 is 11.6 Å². The quantitative estimate of drug-likeness (QED) is 0.178. The fourth-order valence-electron chi connectivity index (χ4n) is 5.55. The van der Waals surface area contributed by atoms with Crippen molar-refractivity contribution in [1.29, 1.82) is 0 Å². The molecule has 0 aliphatic rings. The Morgan fingerprint density at radius 2 is 0.759 bits per heavy atom. The number of halogens is 2. The topological polar surface area (TPSA) is 27.7 Å². The largest absolute Gasteiger partial charge is 0.496 e. The summed E-state index contributed by atoms with van der Waals surface area (Å²) in [5, 5.41) is 0.848. The van der Waals surface area contributed by atoms with Gasteiger partial charge in [0.05, 0.1) is 20.8 Å². The van der Waals surface area contributed by atoms with E-state index in [1.165, 1.54) is 61.7 Å². The highest BCUT2D eigenvalue weighted by molar-refractivity contribution is 6.31. The third-order valence-corrected chi connectivity index (χ3v) is 9.46. The van der Waals surface area contributed by atoms with Crippen molar-refractivity contribution in [2.24, 2.45) is 0 Å². The molecule has 0 unspecified atom stereocenters. The van der Waals surface area contributed by atoms with Crippen LogP contribution in [0.4, 0.5) is 4.39 Å². The van der Waals surface area contributed by atoms with Crippen LogP contribution in [0.15, 0.2) is 109 Å². The van der Waals surface area contributed by atoms with Gasteiger partial charge in [0, 0.05) is 5.02 Å². The minimum Gasteiger partial charge on any atom is -0.496 e. The molecule has 312 valence electrons. The van der Waals surface area contributed by atoms with Crippen molar-refractivity contribution in [2.45, 2.75) is 96.9 Å². The highest BCUT2D eigenvalue weighted by Gasteiger charge is 1.98. The molecule has 0 fully saturated rings. The first-order chi connectivity index (χ1) is 27.3. The molecule has 0 bridgehead atoms. The van der Waals surface area contributed by atoms with Gasteiger partial charge in [-0.3, -0.25) is 0 Å². The monoisotopic (exact) mass is 806 g/mol. The first-order valence-electron chi connectivity index (χ1n) is 19.7. The number of methoxy groups -OCH3 is 2. The molecule has 58 heavy (non-hydrogen) atoms. The molecule has 0 aliphatic carbocycles. The fraction of sp³-hybridized carbons (Fsp3) is 0.321. The molecule has 0 saturated carbocycles. The molecular formula is C53H68ClFO3. The van der Waals surface area contributed by atoms with Gasteiger partial charge in [0.25, 0.3) is 0 Å². The highest BCUT2D eigenvalue weighted by Crippen LogP contribution is 2.20. The van der Waals surface area contributed by atoms with Crippen LogP contribution in [0.25, 0.3) is 0 Å². The lowest BCUT2D eigenvalue weighted by molar-refractivity contribution is 0.338. The summed E-state index contributed by atoms with van der Waals surface area (Å²) < 4.78 is 28.1. The predicted octanol–water partition coefficient (Wildman–Crippen LogP) is 15.3. The Kier molecular flexibility index (Phi) is 23.5. The number of hydrogen-bond donors (Lipinski definition) is 0. The minimum absolute atomic E-state index is 0.124. The van der Waals surface area contributed by atoms with Crippen LogP contribution in [0.5, 0.6) is 17.2 Å². The lowest BCUT2D eigenvalue weighted by Crippen LogP contribution is -1.93. The van der Waals surface area contributed by atoms with Crippen molar-refractivity contribution in [3.8, 4) is 17.2 Å². The summed E-state index contributed by atoms with van der Waals surface area (Å²) in [6, 6.07) is 36.1. The first kappa shape index (κ1) is 51.0. The number of ether oxygens (including phenoxy) is 3. The van der Waals surface area contributed by atoms with Gasteiger partial charge in [0.2, 0.25) is 0 Å². The summed E-state index contributed by atoms with van der Waals surface area (Å²) >= 11 is 5.78. The SMILES string of the molecule is CCOc1ccc(C)cc1C.COc1cc(C)ccc1C.COc1ccc(C)cc1C.Cc1ccc(C)c(C)c1.Cc1ccc(Cl)c(C)c1.Cc1ccc(F)c(C)c1. The van der Waals surface area contributed by atoms with Crippen LogP contribution in [0.3, 0.4) is 0 Å². The first-order valence-corrected chi connectivity index (χ1v) is 20.1. The summed E-state index contributed by atoms with van der Waals surface area (Å²) in [7, 11) is 3.39. The second-order valence-corrected chi connectivity index (χ2v) is 15.1. The lowest BCUT2D eigenvalue weighted by Gasteiger charge is -2.06. The Morgan fingerprint density at radius 1 is 0.379 bits per heavy atom. The van der Waals surface area contributed by atoms with Crippen LogP contribution in [0.1, 0.15) is 79.2 Å². The Morgan fingerprint density at radius 3 is 1.12 bits per heavy atom. The number of benzene rings is 6. The van der Waals surface area contributed by atoms with Gasteiger partial charge in [-0.15, -0.1) is 0 Å². The minimum atomic E-state index is -0.124. The molecule has 6 aromatic rings. The number of rotatable bonds is 4. The van der Waals surface area contributed by atoms with E-state index in [9.17, 15) is 4.39 Å². The maximum Gasteiger partial charge on any atom is 0.126 e. The molecule has 0 heterocycles. The predicted molar refractivity (Wildman–Crippen MR) is 249 cm³/mol. The maximum atomic E-state index is 12.5. The van der Waals surface area contributed by atoms with Gasteiger partial charge in [-0.05, 0) is 172 Å². The van der Waals surface area contributed by atoms with Crippen molar-refractivity contribution in [3.05, 3.63) is 192 Å². The molecule has 0 spiro atoms. The van der Waals surface area contributed by atoms with E-state index in [1.807, 2.05) is 77.1 Å². The second-order valence-electron chi connectivity index (χ2n) is 14.7. The Bertz CT molecular complexity index is 2020. The number of aryl methyl sites for hydroxylation is 13. The molecule has 3 nitrogen and oxygen atoms in total. The Labute approximate surface area is 356 Å². The zero-order valence-electron chi connectivity index (χ0n) is 38.1. The van der Waals surface area contributed by atoms with E-state index in [0.717, 1.165) is 45.6 Å². The van der Waals surface area contributed by atoms with Crippen molar-refractivity contribution in [1.82, 2.24) is 0 Å². The van der Waals surface area contributed by atoms with Crippen molar-refractivity contribution < 1.29 is 18.6 Å². The fourth-order valence-corrected chi connectivity index (χ4v) is 5.67. The zero-order valence-corrected chi connectivity index (χ0v) is 38.8. The normalized spacial score (nSPS) is 9.62. The van der Waals surface area contributed by atoms with Gasteiger partial charge in [-0.2, -0.15) is 0 Å². The third-order valence-electron chi connectivity index (χ3n) is 9.03. The van der Waals surface area contributed by atoms with E-state index < -0.39 is 0 Å². The van der Waals surface area contributed by atoms with E-state index in [-0.39, 0.29) is 5.82 Å². The van der Waals surface area contributed by atoms with Crippen molar-refractivity contribution >= 4 is 11.6 Å². The average molecular weight is 808 g/mol. The molecule has 5 heteroatoms. The summed E-state index contributed by atoms with van der Waals surface area (Å²) in [4.78, 5) is 0. The van der Waals surface area contributed by atoms with E-state index in [4.69, 9.17) is 25.8 Å². The standard InChI is InChI=1S/C10H14O.2C9H12O.C9H12.C8H9Cl.C8H9F/c1-4-11-10-6-5-8(2)7-9(10)3;1-7-4-5-9(10-3)8(2)6-7;1-7-4-5-8(2)9(6-7)10-3;1-7-4-5-8(2)9(3)6-7;2*1-6-3-4-8(9)7(2)5-6/h5-7H,4H2,1-3H3;2*4-6H,1-3H3;4-6H,1-3H3;2*3-5H,1-2H3. The van der Waals surface area contributed by atoms with Gasteiger partial charge in [0.15, 0.2) is 0 Å². The van der Waals surface area contributed by atoms with Crippen LogP contribution in [-0.4, -0.2) is 20.8 Å². The summed E-state index contributed by atoms with van der Waals surface area (Å²) in [6.45, 7) is 29.3. The molecule has 0 saturated heterocycles. The Hall–Kier alpha value is -5.06. The van der Waals surface area contributed by atoms with Crippen molar-refractivity contribution in [2.75, 3.05) is 20.8 Å². The van der Waals surface area contributed by atoms with Gasteiger partial charge in [-0.25, -0.2) is 4.39 Å². The molecular weight excluding hydrogens is 739 g/mol. The third kappa shape index (κ3) is 19.9. The molecule has 0 aromatic heterocycles. The summed E-state index contributed by atoms with van der Waals surface area (Å²) in [6.07, 6.45) is 0. The Balaban J connectivity index is 0.000000349. The van der Waals surface area contributed by atoms with Crippen LogP contribution in [0.2, 0.25) is 5.02 Å². The molecule has 0 atom stereocenters. The van der Waals surface area contributed by atoms with Crippen LogP contribution in [0, 0.1) is 95.8 Å². The van der Waals surface area contributed by atoms with Gasteiger partial charge in [-0.1, -0.05) is 118 Å². The average Bonchev–Trinajstić information content (AvgIpc) is 3.17. The second kappa shape index (κ2) is 26.8. The van der Waals surface area contributed by atoms with E-state index in [0.29, 0.717) is 0 Å². The molecule has 0 aliphatic heterocycles. The van der Waals surface area contributed by atoms with E-state index >= 15 is 0 Å². The molecule has 0 amide bonds. The van der Waals surface area contributed by atoms with E-state index in [1.54, 1.807) is 27.2 Å². The smallest absolute Gasteiger partial charge is 0.126 e. The summed E-state index contributed by atoms with van der Waals surface area (Å²) in [5.41, 5.74) is 15.7. The van der Waals surface area contributed by atoms with E-state index in [2.05, 4.69) is 110 Å². The molecule has 6 aromatic carbocycles. The van der Waals surface area contributed by atoms with Crippen LogP contribution < -0.4 is 14.2 Å². The van der Waals surface area contributed by atoms with Gasteiger partial charge in [0.1, 0.15) is 23.1 Å². The molecule has 0 radical (unpaired) electrons. The maximum absolute atomic E-state index is 12.5. The molecule has 0 N–H and O–H groups in total. The van der Waals surface area contributed by atoms with Gasteiger partial charge >= 0.3 is 0 Å². The van der Waals surface area contributed by atoms with Gasteiger partial charge < -0.3 is 14.2 Å². The highest BCUT2D eigenvalue weighted by atomic mass is 35.5. The zero-order chi connectivity index (χ0) is 43.9. The lowest BCUT2D eigenvalue weighted by atomic mass is 10.1.